The van der Waals surface area contributed by atoms with Gasteiger partial charge in [-0.05, 0) is 31.0 Å². The summed E-state index contributed by atoms with van der Waals surface area (Å²) in [6.07, 6.45) is 2.32. The van der Waals surface area contributed by atoms with E-state index in [4.69, 9.17) is 5.11 Å². The molecular weight excluding hydrogens is 242 g/mol. The highest BCUT2D eigenvalue weighted by molar-refractivity contribution is 6.04. The zero-order valence-corrected chi connectivity index (χ0v) is 11.1. The van der Waals surface area contributed by atoms with Crippen LogP contribution in [0.25, 0.3) is 0 Å². The lowest BCUT2D eigenvalue weighted by Gasteiger charge is -2.05. The summed E-state index contributed by atoms with van der Waals surface area (Å²) >= 11 is 0. The topological polar surface area (TPSA) is 67.2 Å². The second-order valence-electron chi connectivity index (χ2n) is 4.43. The van der Waals surface area contributed by atoms with Crippen LogP contribution >= 0.6 is 0 Å². The van der Waals surface area contributed by atoms with Crippen molar-refractivity contribution in [3.05, 3.63) is 47.3 Å². The first-order chi connectivity index (χ1) is 9.10. The molecule has 2 rings (SSSR count). The normalized spacial score (nSPS) is 10.5. The van der Waals surface area contributed by atoms with Crippen LogP contribution in [-0.2, 0) is 13.5 Å². The number of carbonyl (C=O) groups excluding carboxylic acids is 1. The molecule has 0 bridgehead atoms. The minimum Gasteiger partial charge on any atom is -0.396 e. The van der Waals surface area contributed by atoms with E-state index < -0.39 is 0 Å². The molecule has 5 nitrogen and oxygen atoms in total. The third-order valence-corrected chi connectivity index (χ3v) is 2.87. The first-order valence-electron chi connectivity index (χ1n) is 6.11. The van der Waals surface area contributed by atoms with Gasteiger partial charge in [0.05, 0.1) is 11.3 Å². The second kappa shape index (κ2) is 5.67. The fraction of sp³-hybridized carbons (Fsp3) is 0.286. The van der Waals surface area contributed by atoms with Gasteiger partial charge >= 0.3 is 0 Å². The van der Waals surface area contributed by atoms with Crippen molar-refractivity contribution in [2.24, 2.45) is 7.05 Å². The molecule has 0 fully saturated rings. The van der Waals surface area contributed by atoms with E-state index in [0.29, 0.717) is 17.7 Å². The number of amides is 1. The number of carbonyl (C=O) groups is 1. The summed E-state index contributed by atoms with van der Waals surface area (Å²) in [4.78, 5) is 12.1. The Morgan fingerprint density at radius 1 is 1.37 bits per heavy atom. The van der Waals surface area contributed by atoms with Gasteiger partial charge in [0.25, 0.3) is 5.91 Å². The van der Waals surface area contributed by atoms with Crippen LogP contribution in [0.3, 0.4) is 0 Å². The third-order valence-electron chi connectivity index (χ3n) is 2.87. The lowest BCUT2D eigenvalue weighted by atomic mass is 10.1. The standard InChI is InChI=1S/C14H17N3O2/c1-10-13(9-17(2)16-10)14(19)15-12-5-3-11(4-6-12)7-8-18/h3-6,9,18H,7-8H2,1-2H3,(H,15,19). The smallest absolute Gasteiger partial charge is 0.259 e. The Labute approximate surface area is 111 Å². The molecule has 1 amide bonds. The van der Waals surface area contributed by atoms with Crippen molar-refractivity contribution in [1.82, 2.24) is 9.78 Å². The third kappa shape index (κ3) is 3.20. The predicted octanol–water partition coefficient (Wildman–Crippen LogP) is 1.52. The number of nitrogens with one attached hydrogen (secondary N) is 1. The van der Waals surface area contributed by atoms with Crippen molar-refractivity contribution in [3.63, 3.8) is 0 Å². The SMILES string of the molecule is Cc1nn(C)cc1C(=O)Nc1ccc(CCO)cc1. The summed E-state index contributed by atoms with van der Waals surface area (Å²) in [6, 6.07) is 7.44. The van der Waals surface area contributed by atoms with Gasteiger partial charge < -0.3 is 10.4 Å². The fourth-order valence-electron chi connectivity index (χ4n) is 1.90. The number of hydrogen-bond donors (Lipinski definition) is 2. The van der Waals surface area contributed by atoms with Gasteiger partial charge in [0.2, 0.25) is 0 Å². The molecule has 1 aromatic heterocycles. The fourth-order valence-corrected chi connectivity index (χ4v) is 1.90. The van der Waals surface area contributed by atoms with E-state index in [2.05, 4.69) is 10.4 Å². The average molecular weight is 259 g/mol. The van der Waals surface area contributed by atoms with E-state index in [-0.39, 0.29) is 12.5 Å². The van der Waals surface area contributed by atoms with Crippen LogP contribution in [0.1, 0.15) is 21.6 Å². The molecule has 1 aromatic carbocycles. The molecule has 0 aliphatic heterocycles. The van der Waals surface area contributed by atoms with Gasteiger partial charge in [0.1, 0.15) is 0 Å². The highest BCUT2D eigenvalue weighted by atomic mass is 16.2. The number of aryl methyl sites for hydroxylation is 2. The molecule has 0 spiro atoms. The van der Waals surface area contributed by atoms with Gasteiger partial charge in [-0.2, -0.15) is 5.10 Å². The van der Waals surface area contributed by atoms with E-state index >= 15 is 0 Å². The van der Waals surface area contributed by atoms with Crippen molar-refractivity contribution in [3.8, 4) is 0 Å². The number of rotatable bonds is 4. The van der Waals surface area contributed by atoms with Gasteiger partial charge in [-0.15, -0.1) is 0 Å². The minimum atomic E-state index is -0.166. The van der Waals surface area contributed by atoms with E-state index in [1.54, 1.807) is 24.9 Å². The van der Waals surface area contributed by atoms with Crippen LogP contribution in [-0.4, -0.2) is 27.4 Å². The Balaban J connectivity index is 2.08. The number of aliphatic hydroxyl groups excluding tert-OH is 1. The Bertz CT molecular complexity index is 573. The lowest BCUT2D eigenvalue weighted by molar-refractivity contribution is 0.102. The highest BCUT2D eigenvalue weighted by Crippen LogP contribution is 2.13. The molecule has 5 heteroatoms. The Morgan fingerprint density at radius 3 is 2.58 bits per heavy atom. The molecule has 0 aliphatic rings. The van der Waals surface area contributed by atoms with Crippen molar-refractivity contribution in [2.75, 3.05) is 11.9 Å². The van der Waals surface area contributed by atoms with E-state index in [0.717, 1.165) is 11.3 Å². The van der Waals surface area contributed by atoms with Crippen LogP contribution in [0.4, 0.5) is 5.69 Å². The maximum atomic E-state index is 12.1. The molecule has 2 aromatic rings. The van der Waals surface area contributed by atoms with Gasteiger partial charge in [-0.1, -0.05) is 12.1 Å². The van der Waals surface area contributed by atoms with Crippen LogP contribution in [0.5, 0.6) is 0 Å². The molecule has 0 unspecified atom stereocenters. The van der Waals surface area contributed by atoms with Crippen molar-refractivity contribution >= 4 is 11.6 Å². The molecular formula is C14H17N3O2. The molecule has 0 saturated carbocycles. The highest BCUT2D eigenvalue weighted by Gasteiger charge is 2.12. The molecule has 1 heterocycles. The summed E-state index contributed by atoms with van der Waals surface area (Å²) in [5.41, 5.74) is 3.05. The van der Waals surface area contributed by atoms with Crippen molar-refractivity contribution in [2.45, 2.75) is 13.3 Å². The summed E-state index contributed by atoms with van der Waals surface area (Å²) < 4.78 is 1.62. The Kier molecular flexibility index (Phi) is 3.97. The maximum Gasteiger partial charge on any atom is 0.259 e. The molecule has 0 radical (unpaired) electrons. The van der Waals surface area contributed by atoms with Gasteiger partial charge in [0, 0.05) is 25.5 Å². The summed E-state index contributed by atoms with van der Waals surface area (Å²) in [7, 11) is 1.79. The zero-order valence-electron chi connectivity index (χ0n) is 11.1. The van der Waals surface area contributed by atoms with Crippen molar-refractivity contribution < 1.29 is 9.90 Å². The van der Waals surface area contributed by atoms with Crippen LogP contribution < -0.4 is 5.32 Å². The molecule has 0 atom stereocenters. The predicted molar refractivity (Wildman–Crippen MR) is 73.1 cm³/mol. The van der Waals surface area contributed by atoms with E-state index in [1.807, 2.05) is 24.3 Å². The summed E-state index contributed by atoms with van der Waals surface area (Å²) in [6.45, 7) is 1.93. The molecule has 100 valence electrons. The number of benzene rings is 1. The quantitative estimate of drug-likeness (QED) is 0.874. The first-order valence-corrected chi connectivity index (χ1v) is 6.11. The van der Waals surface area contributed by atoms with E-state index in [9.17, 15) is 4.79 Å². The number of anilines is 1. The molecule has 0 aliphatic carbocycles. The summed E-state index contributed by atoms with van der Waals surface area (Å²) in [5, 5.41) is 15.8. The molecule has 19 heavy (non-hydrogen) atoms. The van der Waals surface area contributed by atoms with Gasteiger partial charge in [-0.25, -0.2) is 0 Å². The second-order valence-corrected chi connectivity index (χ2v) is 4.43. The number of nitrogens with zero attached hydrogens (tertiary/aromatic N) is 2. The van der Waals surface area contributed by atoms with Crippen LogP contribution in [0.2, 0.25) is 0 Å². The number of aliphatic hydroxyl groups is 1. The largest absolute Gasteiger partial charge is 0.396 e. The van der Waals surface area contributed by atoms with Crippen molar-refractivity contribution in [1.29, 1.82) is 0 Å². The molecule has 2 N–H and O–H groups in total. The minimum absolute atomic E-state index is 0.126. The summed E-state index contributed by atoms with van der Waals surface area (Å²) in [5.74, 6) is -0.166. The van der Waals surface area contributed by atoms with E-state index in [1.165, 1.54) is 0 Å². The Hall–Kier alpha value is -2.14. The lowest BCUT2D eigenvalue weighted by Crippen LogP contribution is -2.12. The first kappa shape index (κ1) is 13.3. The monoisotopic (exact) mass is 259 g/mol. The number of aromatic nitrogens is 2. The van der Waals surface area contributed by atoms with Gasteiger partial charge in [0.15, 0.2) is 0 Å². The average Bonchev–Trinajstić information content (AvgIpc) is 2.71. The van der Waals surface area contributed by atoms with Crippen LogP contribution in [0, 0.1) is 6.92 Å². The number of hydrogen-bond acceptors (Lipinski definition) is 3. The zero-order chi connectivity index (χ0) is 13.8. The van der Waals surface area contributed by atoms with Gasteiger partial charge in [-0.3, -0.25) is 9.48 Å². The Morgan fingerprint density at radius 2 is 2.05 bits per heavy atom. The molecule has 0 saturated heterocycles. The van der Waals surface area contributed by atoms with Crippen LogP contribution in [0.15, 0.2) is 30.5 Å². The maximum absolute atomic E-state index is 12.1.